The lowest BCUT2D eigenvalue weighted by Gasteiger charge is -2.26. The number of nitrogens with zero attached hydrogens (tertiary/aromatic N) is 1. The molecule has 6 heteroatoms. The summed E-state index contributed by atoms with van der Waals surface area (Å²) in [4.78, 5) is 25.8. The summed E-state index contributed by atoms with van der Waals surface area (Å²) in [5.74, 6) is -1.17. The fraction of sp³-hybridized carbons (Fsp3) is 0.842. The Morgan fingerprint density at radius 1 is 1.00 bits per heavy atom. The fourth-order valence-electron chi connectivity index (χ4n) is 2.69. The molecule has 146 valence electrons. The Balaban J connectivity index is 4.22. The number of unbranched alkanes of at least 4 members (excludes halogenated alkanes) is 8. The second kappa shape index (κ2) is 13.7. The van der Waals surface area contributed by atoms with Crippen LogP contribution in [0.4, 0.5) is 0 Å². The number of carbonyl (C=O) groups is 2. The lowest BCUT2D eigenvalue weighted by molar-refractivity contribution is -0.155. The van der Waals surface area contributed by atoms with Crippen LogP contribution < -0.4 is 5.73 Å². The maximum atomic E-state index is 12.4. The molecule has 0 saturated heterocycles. The van der Waals surface area contributed by atoms with Crippen LogP contribution in [0.15, 0.2) is 0 Å². The van der Waals surface area contributed by atoms with Crippen molar-refractivity contribution in [1.29, 1.82) is 5.41 Å². The van der Waals surface area contributed by atoms with Gasteiger partial charge in [0.15, 0.2) is 17.8 Å². The zero-order valence-corrected chi connectivity index (χ0v) is 16.5. The molecule has 0 radical (unpaired) electrons. The molecule has 0 amide bonds. The first kappa shape index (κ1) is 23.4. The highest BCUT2D eigenvalue weighted by Crippen LogP contribution is 2.13. The highest BCUT2D eigenvalue weighted by molar-refractivity contribution is 6.05. The molecule has 0 spiro atoms. The van der Waals surface area contributed by atoms with Crippen molar-refractivity contribution in [2.75, 3.05) is 7.05 Å². The molecule has 0 aromatic heterocycles. The van der Waals surface area contributed by atoms with Gasteiger partial charge in [0.2, 0.25) is 0 Å². The molecule has 0 aromatic rings. The van der Waals surface area contributed by atoms with E-state index in [4.69, 9.17) is 15.9 Å². The average Bonchev–Trinajstić information content (AvgIpc) is 2.52. The molecule has 1 unspecified atom stereocenters. The number of hydrogen-bond donors (Lipinski definition) is 2. The Morgan fingerprint density at radius 2 is 1.48 bits per heavy atom. The molecule has 0 fully saturated rings. The molecule has 3 N–H and O–H groups in total. The van der Waals surface area contributed by atoms with E-state index in [-0.39, 0.29) is 17.8 Å². The largest absolute Gasteiger partial charge is 0.461 e. The summed E-state index contributed by atoms with van der Waals surface area (Å²) in [7, 11) is 1.47. The molecule has 0 heterocycles. The van der Waals surface area contributed by atoms with Gasteiger partial charge in [0.1, 0.15) is 0 Å². The van der Waals surface area contributed by atoms with Gasteiger partial charge in [0.05, 0.1) is 6.10 Å². The lowest BCUT2D eigenvalue weighted by Crippen LogP contribution is -2.51. The van der Waals surface area contributed by atoms with Gasteiger partial charge in [-0.25, -0.2) is 4.79 Å². The molecule has 25 heavy (non-hydrogen) atoms. The monoisotopic (exact) mass is 355 g/mol. The Labute approximate surface area is 153 Å². The van der Waals surface area contributed by atoms with Crippen LogP contribution in [-0.4, -0.2) is 41.8 Å². The van der Waals surface area contributed by atoms with E-state index >= 15 is 0 Å². The Morgan fingerprint density at radius 3 is 1.92 bits per heavy atom. The van der Waals surface area contributed by atoms with E-state index in [0.717, 1.165) is 19.3 Å². The van der Waals surface area contributed by atoms with Crippen LogP contribution in [0.3, 0.4) is 0 Å². The maximum absolute atomic E-state index is 12.4. The number of nitrogens with one attached hydrogen (secondary N) is 1. The van der Waals surface area contributed by atoms with E-state index in [1.54, 1.807) is 13.8 Å². The van der Waals surface area contributed by atoms with Crippen molar-refractivity contribution >= 4 is 17.7 Å². The second-order valence-electron chi connectivity index (χ2n) is 6.93. The molecule has 0 aliphatic heterocycles. The van der Waals surface area contributed by atoms with Crippen LogP contribution in [0.25, 0.3) is 0 Å². The van der Waals surface area contributed by atoms with E-state index < -0.39 is 12.0 Å². The van der Waals surface area contributed by atoms with Crippen molar-refractivity contribution in [2.24, 2.45) is 5.73 Å². The van der Waals surface area contributed by atoms with Gasteiger partial charge in [-0.3, -0.25) is 10.2 Å². The van der Waals surface area contributed by atoms with Gasteiger partial charge in [0, 0.05) is 13.5 Å². The quantitative estimate of drug-likeness (QED) is 0.163. The van der Waals surface area contributed by atoms with Crippen molar-refractivity contribution in [3.05, 3.63) is 0 Å². The number of esters is 1. The average molecular weight is 356 g/mol. The molecule has 0 bridgehead atoms. The van der Waals surface area contributed by atoms with E-state index in [2.05, 4.69) is 6.92 Å². The van der Waals surface area contributed by atoms with Gasteiger partial charge in [-0.05, 0) is 20.3 Å². The summed E-state index contributed by atoms with van der Waals surface area (Å²) >= 11 is 0. The van der Waals surface area contributed by atoms with Crippen molar-refractivity contribution in [3.8, 4) is 0 Å². The van der Waals surface area contributed by atoms with Crippen LogP contribution in [0.1, 0.15) is 85.0 Å². The van der Waals surface area contributed by atoms with Gasteiger partial charge in [-0.1, -0.05) is 58.3 Å². The van der Waals surface area contributed by atoms with Gasteiger partial charge in [0.25, 0.3) is 0 Å². The van der Waals surface area contributed by atoms with E-state index in [1.807, 2.05) is 0 Å². The minimum atomic E-state index is -1.12. The number of carbonyl (C=O) groups excluding carboxylic acids is 2. The van der Waals surface area contributed by atoms with Gasteiger partial charge in [-0.2, -0.15) is 0 Å². The van der Waals surface area contributed by atoms with E-state index in [0.29, 0.717) is 6.42 Å². The van der Waals surface area contributed by atoms with Gasteiger partial charge < -0.3 is 15.4 Å². The van der Waals surface area contributed by atoms with Gasteiger partial charge >= 0.3 is 5.97 Å². The van der Waals surface area contributed by atoms with Crippen molar-refractivity contribution in [3.63, 3.8) is 0 Å². The highest BCUT2D eigenvalue weighted by atomic mass is 16.5. The Bertz CT molecular complexity index is 411. The maximum Gasteiger partial charge on any atom is 0.336 e. The zero-order chi connectivity index (χ0) is 19.2. The van der Waals surface area contributed by atoms with E-state index in [1.165, 1.54) is 50.5 Å². The SMILES string of the molecule is CCCCCCCCCCCC(=O)C(C(=O)OC(C)C)N(C)C(=N)N. The Hall–Kier alpha value is -1.59. The third-order valence-corrected chi connectivity index (χ3v) is 4.17. The van der Waals surface area contributed by atoms with Crippen molar-refractivity contribution in [1.82, 2.24) is 4.90 Å². The van der Waals surface area contributed by atoms with Crippen molar-refractivity contribution in [2.45, 2.75) is 97.1 Å². The number of hydrogen-bond acceptors (Lipinski definition) is 4. The minimum absolute atomic E-state index is 0.230. The second-order valence-corrected chi connectivity index (χ2v) is 6.93. The smallest absolute Gasteiger partial charge is 0.336 e. The first-order chi connectivity index (χ1) is 11.8. The predicted octanol–water partition coefficient (Wildman–Crippen LogP) is 3.62. The molecule has 0 saturated carbocycles. The van der Waals surface area contributed by atoms with E-state index in [9.17, 15) is 9.59 Å². The van der Waals surface area contributed by atoms with Crippen LogP contribution in [-0.2, 0) is 14.3 Å². The molecule has 0 rings (SSSR count). The van der Waals surface area contributed by atoms with Crippen LogP contribution in [0.5, 0.6) is 0 Å². The molecule has 0 aliphatic carbocycles. The first-order valence-corrected chi connectivity index (χ1v) is 9.61. The summed E-state index contributed by atoms with van der Waals surface area (Å²) in [5.41, 5.74) is 5.44. The first-order valence-electron chi connectivity index (χ1n) is 9.61. The third kappa shape index (κ3) is 10.8. The fourth-order valence-corrected chi connectivity index (χ4v) is 2.69. The molecule has 0 aromatic carbocycles. The topological polar surface area (TPSA) is 96.5 Å². The number of ether oxygens (including phenoxy) is 1. The molecular weight excluding hydrogens is 318 g/mol. The van der Waals surface area contributed by atoms with Crippen LogP contribution >= 0.6 is 0 Å². The highest BCUT2D eigenvalue weighted by Gasteiger charge is 2.33. The molecule has 0 aliphatic rings. The third-order valence-electron chi connectivity index (χ3n) is 4.17. The predicted molar refractivity (Wildman–Crippen MR) is 102 cm³/mol. The number of ketones is 1. The van der Waals surface area contributed by atoms with Crippen molar-refractivity contribution < 1.29 is 14.3 Å². The lowest BCUT2D eigenvalue weighted by atomic mass is 10.0. The normalized spacial score (nSPS) is 12.0. The summed E-state index contributed by atoms with van der Waals surface area (Å²) in [5, 5.41) is 7.48. The Kier molecular flexibility index (Phi) is 12.8. The zero-order valence-electron chi connectivity index (χ0n) is 16.5. The number of rotatable bonds is 14. The number of nitrogens with two attached hydrogens (primary N) is 1. The minimum Gasteiger partial charge on any atom is -0.461 e. The standard InChI is InChI=1S/C19H37N3O3/c1-5-6-7-8-9-10-11-12-13-14-16(23)17(22(4)19(20)21)18(24)25-15(2)3/h15,17H,5-14H2,1-4H3,(H3,20,21). The van der Waals surface area contributed by atoms with Crippen LogP contribution in [0, 0.1) is 5.41 Å². The number of likely N-dealkylation sites (N-methyl/N-ethyl adjacent to an activating group) is 1. The number of Topliss-reactive ketones (excluding diaryl/α,β-unsaturated/α-hetero) is 1. The summed E-state index contributed by atoms with van der Waals surface area (Å²) in [6.07, 6.45) is 10.5. The van der Waals surface area contributed by atoms with Gasteiger partial charge in [-0.15, -0.1) is 0 Å². The summed E-state index contributed by atoms with van der Waals surface area (Å²) in [6, 6.07) is -1.12. The molecule has 1 atom stereocenters. The summed E-state index contributed by atoms with van der Waals surface area (Å²) in [6.45, 7) is 5.67. The summed E-state index contributed by atoms with van der Waals surface area (Å²) < 4.78 is 5.14. The molecular formula is C19H37N3O3. The van der Waals surface area contributed by atoms with Crippen LogP contribution in [0.2, 0.25) is 0 Å². The number of guanidine groups is 1. The molecule has 6 nitrogen and oxygen atoms in total.